The van der Waals surface area contributed by atoms with Crippen LogP contribution in [0.25, 0.3) is 0 Å². The van der Waals surface area contributed by atoms with Crippen molar-refractivity contribution in [2.24, 2.45) is 0 Å². The number of rotatable bonds is 2. The number of carbonyl (C=O) groups is 2. The van der Waals surface area contributed by atoms with Gasteiger partial charge in [0.1, 0.15) is 0 Å². The number of ether oxygens (including phenoxy) is 1. The highest BCUT2D eigenvalue weighted by Gasteiger charge is 2.25. The van der Waals surface area contributed by atoms with Crippen molar-refractivity contribution in [3.8, 4) is 0 Å². The Morgan fingerprint density at radius 2 is 2.28 bits per heavy atom. The Morgan fingerprint density at radius 1 is 1.50 bits per heavy atom. The van der Waals surface area contributed by atoms with E-state index in [0.29, 0.717) is 24.1 Å². The maximum atomic E-state index is 11.8. The summed E-state index contributed by atoms with van der Waals surface area (Å²) in [6, 6.07) is 6.65. The standard InChI is InChI=1S/C13H15NO4/c1-18-13(17)9-3-2-4-10(7-9)14-8-11(15)5-6-12(14)16/h2-4,7,11,15H,5-6,8H2,1H3. The molecule has 0 bridgehead atoms. The van der Waals surface area contributed by atoms with Gasteiger partial charge in [0.05, 0.1) is 25.3 Å². The molecule has 2 rings (SSSR count). The van der Waals surface area contributed by atoms with E-state index in [9.17, 15) is 14.7 Å². The second kappa shape index (κ2) is 5.18. The SMILES string of the molecule is COC(=O)c1cccc(N2CC(O)CCC2=O)c1. The van der Waals surface area contributed by atoms with Crippen molar-refractivity contribution < 1.29 is 19.4 Å². The van der Waals surface area contributed by atoms with Crippen LogP contribution in [0.5, 0.6) is 0 Å². The summed E-state index contributed by atoms with van der Waals surface area (Å²) in [5.74, 6) is -0.482. The fourth-order valence-corrected chi connectivity index (χ4v) is 2.00. The summed E-state index contributed by atoms with van der Waals surface area (Å²) in [5.41, 5.74) is 1.00. The topological polar surface area (TPSA) is 66.8 Å². The molecule has 0 spiro atoms. The molecular formula is C13H15NO4. The van der Waals surface area contributed by atoms with Gasteiger partial charge in [-0.25, -0.2) is 4.79 Å². The van der Waals surface area contributed by atoms with Crippen LogP contribution in [0, 0.1) is 0 Å². The van der Waals surface area contributed by atoms with Gasteiger partial charge >= 0.3 is 5.97 Å². The Hall–Kier alpha value is -1.88. The number of esters is 1. The Labute approximate surface area is 105 Å². The van der Waals surface area contributed by atoms with Gasteiger partial charge < -0.3 is 14.7 Å². The smallest absolute Gasteiger partial charge is 0.337 e. The molecule has 1 aromatic rings. The molecule has 18 heavy (non-hydrogen) atoms. The van der Waals surface area contributed by atoms with Crippen LogP contribution in [0.2, 0.25) is 0 Å². The van der Waals surface area contributed by atoms with Gasteiger partial charge in [-0.3, -0.25) is 4.79 Å². The number of aliphatic hydroxyl groups excluding tert-OH is 1. The van der Waals surface area contributed by atoms with E-state index >= 15 is 0 Å². The van der Waals surface area contributed by atoms with E-state index in [2.05, 4.69) is 4.74 Å². The van der Waals surface area contributed by atoms with Gasteiger partial charge in [-0.1, -0.05) is 6.07 Å². The highest BCUT2D eigenvalue weighted by atomic mass is 16.5. The molecule has 1 atom stereocenters. The zero-order valence-electron chi connectivity index (χ0n) is 10.1. The van der Waals surface area contributed by atoms with Crippen LogP contribution in [0.3, 0.4) is 0 Å². The predicted octanol–water partition coefficient (Wildman–Crippen LogP) is 0.961. The molecule has 0 saturated carbocycles. The van der Waals surface area contributed by atoms with Gasteiger partial charge in [0.15, 0.2) is 0 Å². The highest BCUT2D eigenvalue weighted by molar-refractivity contribution is 5.96. The quantitative estimate of drug-likeness (QED) is 0.793. The van der Waals surface area contributed by atoms with Gasteiger partial charge in [0.25, 0.3) is 0 Å². The number of hydrogen-bond donors (Lipinski definition) is 1. The van der Waals surface area contributed by atoms with E-state index in [1.807, 2.05) is 0 Å². The average Bonchev–Trinajstić information content (AvgIpc) is 2.40. The molecule has 0 radical (unpaired) electrons. The first kappa shape index (κ1) is 12.6. The number of methoxy groups -OCH3 is 1. The van der Waals surface area contributed by atoms with Crippen LogP contribution in [-0.4, -0.2) is 36.7 Å². The summed E-state index contributed by atoms with van der Waals surface area (Å²) in [4.78, 5) is 24.7. The molecule has 1 aliphatic rings. The van der Waals surface area contributed by atoms with E-state index in [-0.39, 0.29) is 12.5 Å². The van der Waals surface area contributed by atoms with E-state index in [1.165, 1.54) is 12.0 Å². The molecule has 1 aromatic carbocycles. The maximum absolute atomic E-state index is 11.8. The minimum atomic E-state index is -0.510. The van der Waals surface area contributed by atoms with E-state index in [0.717, 1.165) is 0 Å². The summed E-state index contributed by atoms with van der Waals surface area (Å²) < 4.78 is 4.63. The predicted molar refractivity (Wildman–Crippen MR) is 65.4 cm³/mol. The molecule has 0 aliphatic carbocycles. The third-order valence-corrected chi connectivity index (χ3v) is 2.96. The lowest BCUT2D eigenvalue weighted by Crippen LogP contribution is -2.42. The number of β-amino-alcohol motifs (C(OH)–C–C–N with tert-alkyl or cyclic N) is 1. The molecule has 1 saturated heterocycles. The molecule has 1 heterocycles. The molecule has 1 amide bonds. The Morgan fingerprint density at radius 3 is 3.00 bits per heavy atom. The fourth-order valence-electron chi connectivity index (χ4n) is 2.00. The van der Waals surface area contributed by atoms with Crippen molar-refractivity contribution in [3.05, 3.63) is 29.8 Å². The Bertz CT molecular complexity index is 472. The van der Waals surface area contributed by atoms with Crippen LogP contribution in [-0.2, 0) is 9.53 Å². The third-order valence-electron chi connectivity index (χ3n) is 2.96. The molecule has 1 N–H and O–H groups in total. The van der Waals surface area contributed by atoms with Crippen molar-refractivity contribution in [1.82, 2.24) is 0 Å². The molecule has 0 aromatic heterocycles. The fraction of sp³-hybridized carbons (Fsp3) is 0.385. The summed E-state index contributed by atoms with van der Waals surface area (Å²) in [7, 11) is 1.31. The van der Waals surface area contributed by atoms with Crippen LogP contribution in [0.15, 0.2) is 24.3 Å². The molecule has 5 nitrogen and oxygen atoms in total. The Kier molecular flexibility index (Phi) is 3.62. The largest absolute Gasteiger partial charge is 0.465 e. The van der Waals surface area contributed by atoms with Crippen LogP contribution in [0.4, 0.5) is 5.69 Å². The Balaban J connectivity index is 2.27. The number of aliphatic hydroxyl groups is 1. The van der Waals surface area contributed by atoms with Crippen molar-refractivity contribution in [1.29, 1.82) is 0 Å². The van der Waals surface area contributed by atoms with Crippen LogP contribution < -0.4 is 4.90 Å². The normalized spacial score (nSPS) is 19.8. The van der Waals surface area contributed by atoms with Crippen molar-refractivity contribution >= 4 is 17.6 Å². The number of nitrogens with zero attached hydrogens (tertiary/aromatic N) is 1. The molecule has 96 valence electrons. The molecule has 1 aliphatic heterocycles. The van der Waals surface area contributed by atoms with Gasteiger partial charge in [0.2, 0.25) is 5.91 Å². The zero-order chi connectivity index (χ0) is 13.1. The highest BCUT2D eigenvalue weighted by Crippen LogP contribution is 2.22. The summed E-state index contributed by atoms with van der Waals surface area (Å²) in [6.07, 6.45) is 0.305. The van der Waals surface area contributed by atoms with Crippen LogP contribution >= 0.6 is 0 Å². The maximum Gasteiger partial charge on any atom is 0.337 e. The number of piperidine rings is 1. The minimum Gasteiger partial charge on any atom is -0.465 e. The summed E-state index contributed by atoms with van der Waals surface area (Å²) >= 11 is 0. The first-order valence-corrected chi connectivity index (χ1v) is 5.78. The van der Waals surface area contributed by atoms with Gasteiger partial charge in [-0.05, 0) is 24.6 Å². The van der Waals surface area contributed by atoms with Crippen molar-refractivity contribution in [2.75, 3.05) is 18.6 Å². The molecule has 1 fully saturated rings. The first-order valence-electron chi connectivity index (χ1n) is 5.78. The third kappa shape index (κ3) is 2.51. The van der Waals surface area contributed by atoms with E-state index < -0.39 is 12.1 Å². The number of amides is 1. The molecule has 1 unspecified atom stereocenters. The molecular weight excluding hydrogens is 234 g/mol. The van der Waals surface area contributed by atoms with E-state index in [4.69, 9.17) is 0 Å². The monoisotopic (exact) mass is 249 g/mol. The second-order valence-corrected chi connectivity index (χ2v) is 4.24. The van der Waals surface area contributed by atoms with Gasteiger partial charge in [0, 0.05) is 12.1 Å². The van der Waals surface area contributed by atoms with Gasteiger partial charge in [-0.15, -0.1) is 0 Å². The lowest BCUT2D eigenvalue weighted by atomic mass is 10.1. The first-order chi connectivity index (χ1) is 8.61. The van der Waals surface area contributed by atoms with Gasteiger partial charge in [-0.2, -0.15) is 0 Å². The zero-order valence-corrected chi connectivity index (χ0v) is 10.1. The van der Waals surface area contributed by atoms with E-state index in [1.54, 1.807) is 24.3 Å². The number of benzene rings is 1. The average molecular weight is 249 g/mol. The molecule has 5 heteroatoms. The van der Waals surface area contributed by atoms with Crippen molar-refractivity contribution in [3.63, 3.8) is 0 Å². The number of hydrogen-bond acceptors (Lipinski definition) is 4. The number of anilines is 1. The van der Waals surface area contributed by atoms with Crippen LogP contribution in [0.1, 0.15) is 23.2 Å². The minimum absolute atomic E-state index is 0.0395. The lowest BCUT2D eigenvalue weighted by Gasteiger charge is -2.30. The van der Waals surface area contributed by atoms with Crippen molar-refractivity contribution in [2.45, 2.75) is 18.9 Å². The lowest BCUT2D eigenvalue weighted by molar-refractivity contribution is -0.121. The summed E-state index contributed by atoms with van der Waals surface area (Å²) in [5, 5.41) is 9.60. The summed E-state index contributed by atoms with van der Waals surface area (Å²) in [6.45, 7) is 0.267. The number of carbonyl (C=O) groups excluding carboxylic acids is 2. The second-order valence-electron chi connectivity index (χ2n) is 4.24.